The Morgan fingerprint density at radius 1 is 1.31 bits per heavy atom. The second kappa shape index (κ2) is 5.33. The smallest absolute Gasteiger partial charge is 0.0306 e. The van der Waals surface area contributed by atoms with E-state index >= 15 is 0 Å². The second-order valence-corrected chi connectivity index (χ2v) is 6.24. The lowest BCUT2D eigenvalue weighted by Gasteiger charge is -2.22. The fourth-order valence-electron chi connectivity index (χ4n) is 1.76. The summed E-state index contributed by atoms with van der Waals surface area (Å²) in [6.07, 6.45) is 2.15. The first kappa shape index (κ1) is 13.7. The fourth-order valence-corrected chi connectivity index (χ4v) is 2.30. The molecule has 0 bridgehead atoms. The van der Waals surface area contributed by atoms with Gasteiger partial charge in [-0.15, -0.1) is 0 Å². The van der Waals surface area contributed by atoms with Gasteiger partial charge in [0.2, 0.25) is 0 Å². The molecule has 0 amide bonds. The lowest BCUT2D eigenvalue weighted by atomic mass is 9.85. The van der Waals surface area contributed by atoms with Crippen LogP contribution in [0.4, 0.5) is 0 Å². The van der Waals surface area contributed by atoms with Crippen LogP contribution in [-0.2, 0) is 5.41 Å². The average Bonchev–Trinajstić information content (AvgIpc) is 2.16. The van der Waals surface area contributed by atoms with Gasteiger partial charge >= 0.3 is 0 Å². The van der Waals surface area contributed by atoms with Gasteiger partial charge in [-0.1, -0.05) is 62.2 Å². The molecular weight excluding hydrogens is 262 g/mol. The molecule has 0 saturated heterocycles. The summed E-state index contributed by atoms with van der Waals surface area (Å²) in [4.78, 5) is 0. The van der Waals surface area contributed by atoms with E-state index in [1.54, 1.807) is 0 Å². The minimum absolute atomic E-state index is 0.140. The SMILES string of the molecule is CCCC(N)c1cc(C(C)(C)C)ccc1Br. The molecule has 2 N–H and O–H groups in total. The molecule has 1 aromatic carbocycles. The van der Waals surface area contributed by atoms with Gasteiger partial charge in [-0.05, 0) is 29.0 Å². The molecule has 0 aliphatic carbocycles. The van der Waals surface area contributed by atoms with E-state index in [9.17, 15) is 0 Å². The van der Waals surface area contributed by atoms with Crippen molar-refractivity contribution in [1.82, 2.24) is 0 Å². The Kier molecular flexibility index (Phi) is 4.57. The number of nitrogens with two attached hydrogens (primary N) is 1. The second-order valence-electron chi connectivity index (χ2n) is 5.38. The van der Waals surface area contributed by atoms with Crippen LogP contribution >= 0.6 is 15.9 Å². The Labute approximate surface area is 108 Å². The van der Waals surface area contributed by atoms with Gasteiger partial charge in [0.15, 0.2) is 0 Å². The third-order valence-electron chi connectivity index (χ3n) is 2.86. The van der Waals surface area contributed by atoms with E-state index < -0.39 is 0 Å². The molecule has 0 heterocycles. The zero-order valence-corrected chi connectivity index (χ0v) is 12.3. The topological polar surface area (TPSA) is 26.0 Å². The van der Waals surface area contributed by atoms with Crippen LogP contribution in [0.1, 0.15) is 57.7 Å². The molecule has 1 unspecified atom stereocenters. The van der Waals surface area contributed by atoms with Gasteiger partial charge in [0.25, 0.3) is 0 Å². The molecule has 90 valence electrons. The van der Waals surface area contributed by atoms with Crippen LogP contribution in [0, 0.1) is 0 Å². The Morgan fingerprint density at radius 2 is 1.94 bits per heavy atom. The molecule has 16 heavy (non-hydrogen) atoms. The quantitative estimate of drug-likeness (QED) is 0.866. The standard InChI is InChI=1S/C14H22BrN/c1-5-6-13(16)11-9-10(14(2,3)4)7-8-12(11)15/h7-9,13H,5-6,16H2,1-4H3. The molecule has 1 rings (SSSR count). The zero-order valence-electron chi connectivity index (χ0n) is 10.7. The normalized spacial score (nSPS) is 13.9. The first-order chi connectivity index (χ1) is 7.36. The van der Waals surface area contributed by atoms with Gasteiger partial charge in [0.05, 0.1) is 0 Å². The minimum atomic E-state index is 0.140. The Bertz CT molecular complexity index is 352. The van der Waals surface area contributed by atoms with Crippen molar-refractivity contribution in [3.63, 3.8) is 0 Å². The molecular formula is C14H22BrN. The predicted octanol–water partition coefficient (Wildman–Crippen LogP) is 4.55. The van der Waals surface area contributed by atoms with E-state index in [-0.39, 0.29) is 11.5 Å². The largest absolute Gasteiger partial charge is 0.324 e. The van der Waals surface area contributed by atoms with Crippen molar-refractivity contribution >= 4 is 15.9 Å². The number of benzene rings is 1. The summed E-state index contributed by atoms with van der Waals surface area (Å²) in [6, 6.07) is 6.67. The summed E-state index contributed by atoms with van der Waals surface area (Å²) in [5.74, 6) is 0. The fraction of sp³-hybridized carbons (Fsp3) is 0.571. The monoisotopic (exact) mass is 283 g/mol. The summed E-state index contributed by atoms with van der Waals surface area (Å²) in [5, 5.41) is 0. The summed E-state index contributed by atoms with van der Waals surface area (Å²) in [7, 11) is 0. The van der Waals surface area contributed by atoms with Crippen molar-refractivity contribution in [2.75, 3.05) is 0 Å². The zero-order chi connectivity index (χ0) is 12.3. The van der Waals surface area contributed by atoms with Crippen LogP contribution in [-0.4, -0.2) is 0 Å². The van der Waals surface area contributed by atoms with Crippen LogP contribution in [0.15, 0.2) is 22.7 Å². The third kappa shape index (κ3) is 3.33. The maximum atomic E-state index is 6.19. The van der Waals surface area contributed by atoms with Gasteiger partial charge in [-0.2, -0.15) is 0 Å². The summed E-state index contributed by atoms with van der Waals surface area (Å²) >= 11 is 3.59. The molecule has 1 aromatic rings. The molecule has 0 aromatic heterocycles. The Hall–Kier alpha value is -0.340. The highest BCUT2D eigenvalue weighted by molar-refractivity contribution is 9.10. The first-order valence-electron chi connectivity index (χ1n) is 5.91. The van der Waals surface area contributed by atoms with Gasteiger partial charge < -0.3 is 5.73 Å². The number of halogens is 1. The van der Waals surface area contributed by atoms with Gasteiger partial charge in [0, 0.05) is 10.5 Å². The van der Waals surface area contributed by atoms with E-state index in [0.717, 1.165) is 17.3 Å². The van der Waals surface area contributed by atoms with E-state index in [4.69, 9.17) is 5.73 Å². The third-order valence-corrected chi connectivity index (χ3v) is 3.58. The molecule has 0 spiro atoms. The first-order valence-corrected chi connectivity index (χ1v) is 6.71. The molecule has 2 heteroatoms. The molecule has 1 nitrogen and oxygen atoms in total. The number of rotatable bonds is 3. The lowest BCUT2D eigenvalue weighted by molar-refractivity contribution is 0.583. The van der Waals surface area contributed by atoms with Crippen molar-refractivity contribution in [1.29, 1.82) is 0 Å². The van der Waals surface area contributed by atoms with Crippen LogP contribution < -0.4 is 5.73 Å². The van der Waals surface area contributed by atoms with Crippen molar-refractivity contribution in [2.24, 2.45) is 5.73 Å². The van der Waals surface area contributed by atoms with Crippen LogP contribution in [0.3, 0.4) is 0 Å². The molecule has 0 radical (unpaired) electrons. The highest BCUT2D eigenvalue weighted by Gasteiger charge is 2.17. The summed E-state index contributed by atoms with van der Waals surface area (Å²) < 4.78 is 1.13. The van der Waals surface area contributed by atoms with E-state index in [1.165, 1.54) is 11.1 Å². The minimum Gasteiger partial charge on any atom is -0.324 e. The number of hydrogen-bond acceptors (Lipinski definition) is 1. The molecule has 0 saturated carbocycles. The van der Waals surface area contributed by atoms with Crippen molar-refractivity contribution < 1.29 is 0 Å². The van der Waals surface area contributed by atoms with Crippen molar-refractivity contribution in [3.05, 3.63) is 33.8 Å². The highest BCUT2D eigenvalue weighted by atomic mass is 79.9. The number of hydrogen-bond donors (Lipinski definition) is 1. The highest BCUT2D eigenvalue weighted by Crippen LogP contribution is 2.30. The van der Waals surface area contributed by atoms with Gasteiger partial charge in [-0.25, -0.2) is 0 Å². The Balaban J connectivity index is 3.09. The molecule has 0 aliphatic heterocycles. The maximum absolute atomic E-state index is 6.19. The van der Waals surface area contributed by atoms with Gasteiger partial charge in [-0.3, -0.25) is 0 Å². The van der Waals surface area contributed by atoms with E-state index in [0.29, 0.717) is 0 Å². The molecule has 1 atom stereocenters. The maximum Gasteiger partial charge on any atom is 0.0306 e. The van der Waals surface area contributed by atoms with Gasteiger partial charge in [0.1, 0.15) is 0 Å². The van der Waals surface area contributed by atoms with Crippen molar-refractivity contribution in [3.8, 4) is 0 Å². The Morgan fingerprint density at radius 3 is 2.44 bits per heavy atom. The summed E-state index contributed by atoms with van der Waals surface area (Å²) in [6.45, 7) is 8.85. The average molecular weight is 284 g/mol. The van der Waals surface area contributed by atoms with Crippen LogP contribution in [0.25, 0.3) is 0 Å². The lowest BCUT2D eigenvalue weighted by Crippen LogP contribution is -2.15. The summed E-state index contributed by atoms with van der Waals surface area (Å²) in [5.41, 5.74) is 8.95. The molecule has 0 aliphatic rings. The predicted molar refractivity (Wildman–Crippen MR) is 74.7 cm³/mol. The van der Waals surface area contributed by atoms with Crippen LogP contribution in [0.2, 0.25) is 0 Å². The molecule has 0 fully saturated rings. The van der Waals surface area contributed by atoms with Crippen molar-refractivity contribution in [2.45, 2.75) is 52.0 Å². The van der Waals surface area contributed by atoms with Crippen LogP contribution in [0.5, 0.6) is 0 Å². The van der Waals surface area contributed by atoms with E-state index in [2.05, 4.69) is 61.8 Å². The van der Waals surface area contributed by atoms with E-state index in [1.807, 2.05) is 0 Å².